The molecule has 0 saturated heterocycles. The first-order chi connectivity index (χ1) is 9.47. The van der Waals surface area contributed by atoms with Crippen LogP contribution in [0.15, 0.2) is 36.9 Å². The largest absolute Gasteiger partial charge is 0.415 e. The highest BCUT2D eigenvalue weighted by molar-refractivity contribution is 5.98. The lowest BCUT2D eigenvalue weighted by Gasteiger charge is -2.33. The van der Waals surface area contributed by atoms with Crippen LogP contribution < -0.4 is 5.32 Å². The fraction of sp³-hybridized carbons (Fsp3) is 0.250. The van der Waals surface area contributed by atoms with Crippen molar-refractivity contribution < 1.29 is 35.5 Å². The summed E-state index contributed by atoms with van der Waals surface area (Å²) in [6.07, 6.45) is -12.5. The Bertz CT molecular complexity index is 533. The van der Waals surface area contributed by atoms with Gasteiger partial charge in [-0.1, -0.05) is 18.2 Å². The number of amides is 1. The summed E-state index contributed by atoms with van der Waals surface area (Å²) >= 11 is 0. The van der Waals surface area contributed by atoms with Crippen molar-refractivity contribution in [1.82, 2.24) is 0 Å². The van der Waals surface area contributed by atoms with Gasteiger partial charge < -0.3 is 5.32 Å². The number of carbonyl (C=O) groups is 1. The van der Waals surface area contributed by atoms with Gasteiger partial charge in [0, 0.05) is 0 Å². The van der Waals surface area contributed by atoms with Crippen LogP contribution in [0.4, 0.5) is 36.4 Å². The maximum atomic E-state index is 13.2. The number of nitrogens with one attached hydrogen (secondary N) is 1. The maximum Gasteiger partial charge on any atom is 0.415 e. The van der Waals surface area contributed by atoms with Gasteiger partial charge in [-0.3, -0.25) is 4.79 Å². The number of halogens is 7. The molecule has 1 aromatic carbocycles. The van der Waals surface area contributed by atoms with E-state index in [1.54, 1.807) is 0 Å². The first-order valence-electron chi connectivity index (χ1n) is 5.30. The molecule has 0 aliphatic carbocycles. The molecule has 0 radical (unpaired) electrons. The Balaban J connectivity index is 3.32. The van der Waals surface area contributed by atoms with E-state index in [0.717, 1.165) is 24.3 Å². The van der Waals surface area contributed by atoms with Crippen molar-refractivity contribution in [2.45, 2.75) is 12.4 Å². The summed E-state index contributed by atoms with van der Waals surface area (Å²) in [5, 5.41) is 1.29. The van der Waals surface area contributed by atoms with Crippen molar-refractivity contribution in [3.05, 3.63) is 42.7 Å². The van der Waals surface area contributed by atoms with E-state index in [1.165, 1.54) is 5.32 Å². The zero-order valence-electron chi connectivity index (χ0n) is 10.1. The molecule has 1 rings (SSSR count). The molecule has 0 bridgehead atoms. The smallest absolute Gasteiger partial charge is 0.322 e. The topological polar surface area (TPSA) is 29.1 Å². The standard InChI is InChI=1S/C12H8F7NO/c1-2-10(11(14,15)16,12(17,18)19)9(21)20-8-6-4-3-5-7(8)13/h2-6H,1H2,(H,20,21). The molecule has 0 aliphatic rings. The SMILES string of the molecule is C=CC(C(=O)Nc1ccccc1F)(C(F)(F)F)C(F)(F)F. The molecule has 1 N–H and O–H groups in total. The second-order valence-corrected chi connectivity index (χ2v) is 3.94. The van der Waals surface area contributed by atoms with Gasteiger partial charge in [-0.2, -0.15) is 26.3 Å². The minimum atomic E-state index is -5.98. The lowest BCUT2D eigenvalue weighted by molar-refractivity contribution is -0.305. The molecular formula is C12H8F7NO. The van der Waals surface area contributed by atoms with Crippen molar-refractivity contribution in [3.8, 4) is 0 Å². The molecule has 2 nitrogen and oxygen atoms in total. The first-order valence-corrected chi connectivity index (χ1v) is 5.30. The third-order valence-corrected chi connectivity index (χ3v) is 2.68. The van der Waals surface area contributed by atoms with Crippen LogP contribution in [0.2, 0.25) is 0 Å². The van der Waals surface area contributed by atoms with E-state index in [1.807, 2.05) is 0 Å². The summed E-state index contributed by atoms with van der Waals surface area (Å²) in [4.78, 5) is 11.5. The Morgan fingerprint density at radius 1 is 1.05 bits per heavy atom. The normalized spacial score (nSPS) is 12.9. The Labute approximate surface area is 114 Å². The Kier molecular flexibility index (Phi) is 4.35. The quantitative estimate of drug-likeness (QED) is 0.661. The number of para-hydroxylation sites is 1. The van der Waals surface area contributed by atoms with E-state index in [9.17, 15) is 35.5 Å². The number of anilines is 1. The minimum Gasteiger partial charge on any atom is -0.322 e. The van der Waals surface area contributed by atoms with E-state index in [0.29, 0.717) is 0 Å². The van der Waals surface area contributed by atoms with E-state index in [-0.39, 0.29) is 0 Å². The average molecular weight is 315 g/mol. The van der Waals surface area contributed by atoms with Gasteiger partial charge in [0.15, 0.2) is 0 Å². The fourth-order valence-corrected chi connectivity index (χ4v) is 1.53. The first kappa shape index (κ1) is 17.0. The fourth-order valence-electron chi connectivity index (χ4n) is 1.53. The maximum absolute atomic E-state index is 13.2. The second kappa shape index (κ2) is 5.38. The minimum absolute atomic E-state index is 0.552. The number of alkyl halides is 6. The number of hydrogen-bond acceptors (Lipinski definition) is 1. The van der Waals surface area contributed by atoms with Gasteiger partial charge in [-0.05, 0) is 12.1 Å². The Morgan fingerprint density at radius 2 is 1.52 bits per heavy atom. The van der Waals surface area contributed by atoms with Gasteiger partial charge in [-0.15, -0.1) is 6.58 Å². The molecule has 9 heteroatoms. The summed E-state index contributed by atoms with van der Waals surface area (Å²) in [6.45, 7) is 2.46. The molecule has 0 spiro atoms. The van der Waals surface area contributed by atoms with Crippen LogP contribution in [0.5, 0.6) is 0 Å². The molecule has 0 heterocycles. The summed E-state index contributed by atoms with van der Waals surface area (Å²) in [5.74, 6) is -3.66. The summed E-state index contributed by atoms with van der Waals surface area (Å²) < 4.78 is 89.9. The highest BCUT2D eigenvalue weighted by atomic mass is 19.4. The summed E-state index contributed by atoms with van der Waals surface area (Å²) in [5.41, 5.74) is -5.63. The molecule has 116 valence electrons. The highest BCUT2D eigenvalue weighted by Gasteiger charge is 2.73. The van der Waals surface area contributed by atoms with Crippen molar-refractivity contribution in [3.63, 3.8) is 0 Å². The van der Waals surface area contributed by atoms with Crippen molar-refractivity contribution in [1.29, 1.82) is 0 Å². The molecular weight excluding hydrogens is 307 g/mol. The molecule has 0 atom stereocenters. The lowest BCUT2D eigenvalue weighted by atomic mass is 9.85. The molecule has 0 aromatic heterocycles. The molecule has 0 unspecified atom stereocenters. The predicted octanol–water partition coefficient (Wildman–Crippen LogP) is 4.06. The average Bonchev–Trinajstić information content (AvgIpc) is 2.29. The van der Waals surface area contributed by atoms with Crippen LogP contribution in [-0.2, 0) is 4.79 Å². The zero-order valence-corrected chi connectivity index (χ0v) is 10.1. The molecule has 1 amide bonds. The van der Waals surface area contributed by atoms with Crippen LogP contribution in [0, 0.1) is 11.2 Å². The van der Waals surface area contributed by atoms with Crippen molar-refractivity contribution >= 4 is 11.6 Å². The van der Waals surface area contributed by atoms with Gasteiger partial charge in [0.05, 0.1) is 5.69 Å². The van der Waals surface area contributed by atoms with E-state index < -0.39 is 41.3 Å². The van der Waals surface area contributed by atoms with Gasteiger partial charge >= 0.3 is 12.4 Å². The highest BCUT2D eigenvalue weighted by Crippen LogP contribution is 2.51. The molecule has 0 aliphatic heterocycles. The van der Waals surface area contributed by atoms with Crippen molar-refractivity contribution in [2.75, 3.05) is 5.32 Å². The van der Waals surface area contributed by atoms with Crippen LogP contribution >= 0.6 is 0 Å². The summed E-state index contributed by atoms with van der Waals surface area (Å²) in [6, 6.07) is 3.88. The zero-order chi connectivity index (χ0) is 16.5. The van der Waals surface area contributed by atoms with E-state index in [4.69, 9.17) is 0 Å². The predicted molar refractivity (Wildman–Crippen MR) is 59.8 cm³/mol. The lowest BCUT2D eigenvalue weighted by Crippen LogP contribution is -2.56. The van der Waals surface area contributed by atoms with Crippen LogP contribution in [0.3, 0.4) is 0 Å². The van der Waals surface area contributed by atoms with Crippen molar-refractivity contribution in [2.24, 2.45) is 5.41 Å². The third-order valence-electron chi connectivity index (χ3n) is 2.68. The molecule has 0 saturated carbocycles. The van der Waals surface area contributed by atoms with Gasteiger partial charge in [0.2, 0.25) is 0 Å². The van der Waals surface area contributed by atoms with E-state index in [2.05, 4.69) is 6.58 Å². The molecule has 21 heavy (non-hydrogen) atoms. The second-order valence-electron chi connectivity index (χ2n) is 3.94. The van der Waals surface area contributed by atoms with Crippen LogP contribution in [0.25, 0.3) is 0 Å². The summed E-state index contributed by atoms with van der Waals surface area (Å²) in [7, 11) is 0. The Hall–Kier alpha value is -2.06. The molecule has 0 fully saturated rings. The van der Waals surface area contributed by atoms with Gasteiger partial charge in [0.25, 0.3) is 11.3 Å². The molecule has 1 aromatic rings. The number of hydrogen-bond donors (Lipinski definition) is 1. The third kappa shape index (κ3) is 2.86. The van der Waals surface area contributed by atoms with E-state index >= 15 is 0 Å². The Morgan fingerprint density at radius 3 is 1.90 bits per heavy atom. The van der Waals surface area contributed by atoms with Gasteiger partial charge in [0.1, 0.15) is 5.82 Å². The van der Waals surface area contributed by atoms with Gasteiger partial charge in [-0.25, -0.2) is 4.39 Å². The monoisotopic (exact) mass is 315 g/mol. The number of benzene rings is 1. The number of rotatable bonds is 3. The van der Waals surface area contributed by atoms with Crippen LogP contribution in [-0.4, -0.2) is 18.3 Å². The number of carbonyl (C=O) groups excluding carboxylic acids is 1. The van der Waals surface area contributed by atoms with Crippen LogP contribution in [0.1, 0.15) is 0 Å².